The van der Waals surface area contributed by atoms with Crippen LogP contribution < -0.4 is 10.2 Å². The van der Waals surface area contributed by atoms with Crippen LogP contribution in [0, 0.1) is 0 Å². The minimum absolute atomic E-state index is 0.0280. The summed E-state index contributed by atoms with van der Waals surface area (Å²) in [4.78, 5) is 40.2. The highest BCUT2D eigenvalue weighted by Gasteiger charge is 2.36. The maximum atomic E-state index is 12.2. The lowest BCUT2D eigenvalue weighted by Gasteiger charge is -2.33. The van der Waals surface area contributed by atoms with E-state index in [0.29, 0.717) is 11.3 Å². The van der Waals surface area contributed by atoms with E-state index in [1.165, 1.54) is 0 Å². The zero-order valence-corrected chi connectivity index (χ0v) is 14.0. The topological polar surface area (TPSA) is 79.0 Å². The van der Waals surface area contributed by atoms with Crippen LogP contribution in [0.1, 0.15) is 36.0 Å². The Bertz CT molecular complexity index is 727. The third-order valence-corrected chi connectivity index (χ3v) is 5.14. The van der Waals surface area contributed by atoms with E-state index in [1.54, 1.807) is 17.0 Å². The molecule has 3 aliphatic rings. The van der Waals surface area contributed by atoms with Crippen molar-refractivity contribution in [3.63, 3.8) is 0 Å². The number of likely N-dealkylation sites (tertiary alicyclic amines) is 1. The van der Waals surface area contributed by atoms with Gasteiger partial charge in [-0.1, -0.05) is 0 Å². The van der Waals surface area contributed by atoms with Crippen LogP contribution in [0.15, 0.2) is 18.2 Å². The molecule has 0 radical (unpaired) electrons. The smallest absolute Gasteiger partial charge is 0.338 e. The fourth-order valence-corrected chi connectivity index (χ4v) is 3.83. The number of hydrogen-bond acceptors (Lipinski definition) is 5. The van der Waals surface area contributed by atoms with Gasteiger partial charge in [-0.15, -0.1) is 0 Å². The maximum Gasteiger partial charge on any atom is 0.338 e. The van der Waals surface area contributed by atoms with Crippen molar-refractivity contribution >= 4 is 29.2 Å². The van der Waals surface area contributed by atoms with Crippen molar-refractivity contribution in [3.05, 3.63) is 23.8 Å². The van der Waals surface area contributed by atoms with Gasteiger partial charge in [0.1, 0.15) is 6.04 Å². The highest BCUT2D eigenvalue weighted by atomic mass is 16.5. The zero-order chi connectivity index (χ0) is 17.4. The number of amides is 2. The minimum atomic E-state index is -0.548. The molecule has 0 unspecified atom stereocenters. The molecule has 1 aromatic carbocycles. The van der Waals surface area contributed by atoms with Crippen molar-refractivity contribution in [2.45, 2.75) is 31.7 Å². The molecule has 0 bridgehead atoms. The molecule has 3 aliphatic heterocycles. The van der Waals surface area contributed by atoms with Gasteiger partial charge in [0.2, 0.25) is 5.91 Å². The normalized spacial score (nSPS) is 21.6. The summed E-state index contributed by atoms with van der Waals surface area (Å²) in [5, 5.41) is 2.87. The second kappa shape index (κ2) is 6.38. The van der Waals surface area contributed by atoms with E-state index >= 15 is 0 Å². The predicted molar refractivity (Wildman–Crippen MR) is 91.5 cm³/mol. The molecule has 7 nitrogen and oxygen atoms in total. The Balaban J connectivity index is 1.44. The highest BCUT2D eigenvalue weighted by molar-refractivity contribution is 6.05. The minimum Gasteiger partial charge on any atom is -0.452 e. The molecule has 2 saturated heterocycles. The van der Waals surface area contributed by atoms with Crippen LogP contribution in [-0.4, -0.2) is 55.0 Å². The average molecular weight is 343 g/mol. The molecule has 132 valence electrons. The molecule has 0 aliphatic carbocycles. The zero-order valence-electron chi connectivity index (χ0n) is 14.0. The third kappa shape index (κ3) is 2.94. The number of carbonyl (C=O) groups excluding carboxylic acids is 3. The van der Waals surface area contributed by atoms with Gasteiger partial charge in [-0.05, 0) is 43.9 Å². The van der Waals surface area contributed by atoms with E-state index in [0.717, 1.165) is 51.0 Å². The van der Waals surface area contributed by atoms with Crippen LogP contribution in [-0.2, 0) is 14.3 Å². The van der Waals surface area contributed by atoms with Crippen molar-refractivity contribution in [1.82, 2.24) is 4.90 Å². The second-order valence-electron chi connectivity index (χ2n) is 6.74. The highest BCUT2D eigenvalue weighted by Crippen LogP contribution is 2.37. The molecule has 4 rings (SSSR count). The van der Waals surface area contributed by atoms with E-state index in [2.05, 4.69) is 10.2 Å². The summed E-state index contributed by atoms with van der Waals surface area (Å²) in [5.74, 6) is -0.732. The molecule has 1 atom stereocenters. The number of nitrogens with zero attached hydrogens (tertiary/aromatic N) is 2. The first-order valence-corrected chi connectivity index (χ1v) is 8.80. The van der Waals surface area contributed by atoms with Crippen molar-refractivity contribution in [2.75, 3.05) is 36.5 Å². The van der Waals surface area contributed by atoms with E-state index < -0.39 is 5.97 Å². The molecule has 2 amide bonds. The van der Waals surface area contributed by atoms with Crippen LogP contribution in [0.5, 0.6) is 0 Å². The fourth-order valence-electron chi connectivity index (χ4n) is 3.83. The molecule has 1 aromatic rings. The van der Waals surface area contributed by atoms with Crippen molar-refractivity contribution in [2.24, 2.45) is 0 Å². The van der Waals surface area contributed by atoms with Crippen molar-refractivity contribution in [1.29, 1.82) is 0 Å². The van der Waals surface area contributed by atoms with Gasteiger partial charge in [0, 0.05) is 19.6 Å². The van der Waals surface area contributed by atoms with Crippen LogP contribution in [0.3, 0.4) is 0 Å². The monoisotopic (exact) mass is 343 g/mol. The van der Waals surface area contributed by atoms with E-state index in [4.69, 9.17) is 4.74 Å². The standard InChI is InChI=1S/C18H21N3O4/c22-16(20-7-1-2-8-20)11-25-18(24)12-5-6-14-13(10-12)19-17(23)15-4-3-9-21(14)15/h5-6,10,15H,1-4,7-9,11H2,(H,19,23)/t15-/m0/s1. The number of fused-ring (bicyclic) bond motifs is 3. The molecule has 7 heteroatoms. The van der Waals surface area contributed by atoms with Crippen LogP contribution in [0.4, 0.5) is 11.4 Å². The SMILES string of the molecule is O=C(OCC(=O)N1CCCC1)c1ccc2c(c1)NC(=O)[C@@H]1CCCN21. The number of rotatable bonds is 3. The van der Waals surface area contributed by atoms with Crippen LogP contribution >= 0.6 is 0 Å². The predicted octanol–water partition coefficient (Wildman–Crippen LogP) is 1.39. The Morgan fingerprint density at radius 3 is 2.76 bits per heavy atom. The quantitative estimate of drug-likeness (QED) is 0.839. The first-order chi connectivity index (χ1) is 12.1. The summed E-state index contributed by atoms with van der Waals surface area (Å²) in [5.41, 5.74) is 1.90. The van der Waals surface area contributed by atoms with Gasteiger partial charge in [-0.25, -0.2) is 4.79 Å². The Labute approximate surface area is 145 Å². The molecule has 25 heavy (non-hydrogen) atoms. The number of esters is 1. The van der Waals surface area contributed by atoms with Gasteiger partial charge in [0.05, 0.1) is 16.9 Å². The van der Waals surface area contributed by atoms with E-state index in [1.807, 2.05) is 6.07 Å². The largest absolute Gasteiger partial charge is 0.452 e. The molecular weight excluding hydrogens is 322 g/mol. The first-order valence-electron chi connectivity index (χ1n) is 8.80. The molecule has 0 spiro atoms. The van der Waals surface area contributed by atoms with Crippen molar-refractivity contribution < 1.29 is 19.1 Å². The molecular formula is C18H21N3O4. The van der Waals surface area contributed by atoms with Crippen LogP contribution in [0.25, 0.3) is 0 Å². The summed E-state index contributed by atoms with van der Waals surface area (Å²) in [7, 11) is 0. The second-order valence-corrected chi connectivity index (χ2v) is 6.74. The Morgan fingerprint density at radius 1 is 1.16 bits per heavy atom. The Kier molecular flexibility index (Phi) is 4.07. The third-order valence-electron chi connectivity index (χ3n) is 5.14. The molecule has 0 aromatic heterocycles. The molecule has 3 heterocycles. The van der Waals surface area contributed by atoms with Gasteiger partial charge in [-0.2, -0.15) is 0 Å². The van der Waals surface area contributed by atoms with E-state index in [-0.39, 0.29) is 24.5 Å². The Morgan fingerprint density at radius 2 is 1.96 bits per heavy atom. The molecule has 1 N–H and O–H groups in total. The lowest BCUT2D eigenvalue weighted by molar-refractivity contribution is -0.133. The summed E-state index contributed by atoms with van der Waals surface area (Å²) < 4.78 is 5.15. The summed E-state index contributed by atoms with van der Waals surface area (Å²) in [6.45, 7) is 2.08. The number of benzene rings is 1. The number of carbonyl (C=O) groups is 3. The number of anilines is 2. The van der Waals surface area contributed by atoms with Gasteiger partial charge >= 0.3 is 5.97 Å². The van der Waals surface area contributed by atoms with Gasteiger partial charge < -0.3 is 19.9 Å². The summed E-state index contributed by atoms with van der Waals surface area (Å²) in [6, 6.07) is 5.05. The molecule has 2 fully saturated rings. The number of nitrogens with one attached hydrogen (secondary N) is 1. The average Bonchev–Trinajstić information content (AvgIpc) is 3.30. The van der Waals surface area contributed by atoms with Crippen LogP contribution in [0.2, 0.25) is 0 Å². The fraction of sp³-hybridized carbons (Fsp3) is 0.500. The number of ether oxygens (including phenoxy) is 1. The van der Waals surface area contributed by atoms with E-state index in [9.17, 15) is 14.4 Å². The summed E-state index contributed by atoms with van der Waals surface area (Å²) in [6.07, 6.45) is 3.84. The van der Waals surface area contributed by atoms with Gasteiger partial charge in [0.25, 0.3) is 5.91 Å². The summed E-state index contributed by atoms with van der Waals surface area (Å²) >= 11 is 0. The number of hydrogen-bond donors (Lipinski definition) is 1. The van der Waals surface area contributed by atoms with Gasteiger partial charge in [-0.3, -0.25) is 9.59 Å². The molecule has 0 saturated carbocycles. The Hall–Kier alpha value is -2.57. The first kappa shape index (κ1) is 15.9. The lowest BCUT2D eigenvalue weighted by atomic mass is 10.1. The lowest BCUT2D eigenvalue weighted by Crippen LogP contribution is -2.43. The van der Waals surface area contributed by atoms with Gasteiger partial charge in [0.15, 0.2) is 6.61 Å². The maximum absolute atomic E-state index is 12.2. The van der Waals surface area contributed by atoms with Crippen molar-refractivity contribution in [3.8, 4) is 0 Å².